The molecule has 5 nitrogen and oxygen atoms in total. The molecule has 1 heterocycles. The molecule has 0 spiro atoms. The van der Waals surface area contributed by atoms with E-state index in [0.717, 1.165) is 22.5 Å². The van der Waals surface area contributed by atoms with Crippen LogP contribution in [-0.2, 0) is 11.4 Å². The van der Waals surface area contributed by atoms with Crippen molar-refractivity contribution in [1.29, 1.82) is 0 Å². The van der Waals surface area contributed by atoms with Crippen molar-refractivity contribution in [2.24, 2.45) is 4.99 Å². The van der Waals surface area contributed by atoms with Gasteiger partial charge in [0.1, 0.15) is 12.4 Å². The number of rotatable bonds is 8. The second-order valence-corrected chi connectivity index (χ2v) is 9.38. The number of aliphatic imine (C=N–C) groups is 1. The van der Waals surface area contributed by atoms with Crippen LogP contribution in [0.5, 0.6) is 11.5 Å². The fourth-order valence-electron chi connectivity index (χ4n) is 3.86. The van der Waals surface area contributed by atoms with Crippen LogP contribution < -0.4 is 14.4 Å². The number of halogens is 1. The van der Waals surface area contributed by atoms with E-state index in [1.807, 2.05) is 91.9 Å². The van der Waals surface area contributed by atoms with Crippen LogP contribution in [0.4, 0.5) is 15.8 Å². The van der Waals surface area contributed by atoms with Crippen LogP contribution in [0.15, 0.2) is 113 Å². The van der Waals surface area contributed by atoms with Crippen LogP contribution in [0, 0.1) is 5.82 Å². The predicted octanol–water partition coefficient (Wildman–Crippen LogP) is 7.61. The van der Waals surface area contributed by atoms with Crippen LogP contribution >= 0.6 is 11.8 Å². The average molecular weight is 525 g/mol. The molecule has 0 saturated carbocycles. The van der Waals surface area contributed by atoms with Crippen molar-refractivity contribution < 1.29 is 18.7 Å². The number of nitrogens with zero attached hydrogens (tertiary/aromatic N) is 2. The van der Waals surface area contributed by atoms with E-state index in [2.05, 4.69) is 0 Å². The molecule has 1 aliphatic rings. The molecule has 190 valence electrons. The molecular formula is C31H25FN2O3S. The number of para-hydroxylation sites is 2. The number of amides is 1. The normalized spacial score (nSPS) is 15.3. The zero-order valence-electron chi connectivity index (χ0n) is 20.7. The highest BCUT2D eigenvalue weighted by Gasteiger charge is 2.34. The zero-order chi connectivity index (χ0) is 26.3. The number of benzene rings is 4. The monoisotopic (exact) mass is 524 g/mol. The molecule has 0 N–H and O–H groups in total. The third-order valence-electron chi connectivity index (χ3n) is 5.67. The molecule has 5 rings (SSSR count). The van der Waals surface area contributed by atoms with Gasteiger partial charge in [-0.05, 0) is 84.4 Å². The summed E-state index contributed by atoms with van der Waals surface area (Å²) >= 11 is 1.33. The number of hydrogen-bond acceptors (Lipinski definition) is 5. The van der Waals surface area contributed by atoms with Crippen LogP contribution in [0.1, 0.15) is 18.1 Å². The summed E-state index contributed by atoms with van der Waals surface area (Å²) in [5.41, 5.74) is 3.17. The highest BCUT2D eigenvalue weighted by molar-refractivity contribution is 8.19. The van der Waals surface area contributed by atoms with Crippen molar-refractivity contribution in [3.05, 3.63) is 125 Å². The second-order valence-electron chi connectivity index (χ2n) is 8.37. The lowest BCUT2D eigenvalue weighted by Gasteiger charge is -2.15. The Morgan fingerprint density at radius 3 is 2.29 bits per heavy atom. The van der Waals surface area contributed by atoms with Gasteiger partial charge in [-0.2, -0.15) is 0 Å². The van der Waals surface area contributed by atoms with Gasteiger partial charge in [-0.3, -0.25) is 9.69 Å². The Morgan fingerprint density at radius 2 is 1.58 bits per heavy atom. The van der Waals surface area contributed by atoms with E-state index in [1.54, 1.807) is 17.0 Å². The summed E-state index contributed by atoms with van der Waals surface area (Å²) in [7, 11) is 0. The van der Waals surface area contributed by atoms with Crippen LogP contribution in [0.25, 0.3) is 6.08 Å². The maximum Gasteiger partial charge on any atom is 0.271 e. The number of carbonyl (C=O) groups is 1. The number of anilines is 1. The van der Waals surface area contributed by atoms with Crippen molar-refractivity contribution in [3.63, 3.8) is 0 Å². The minimum Gasteiger partial charge on any atom is -0.490 e. The van der Waals surface area contributed by atoms with Gasteiger partial charge in [0.05, 0.1) is 22.9 Å². The molecule has 7 heteroatoms. The van der Waals surface area contributed by atoms with Gasteiger partial charge in [0.2, 0.25) is 0 Å². The topological polar surface area (TPSA) is 51.1 Å². The molecule has 4 aromatic rings. The average Bonchev–Trinajstić information content (AvgIpc) is 3.24. The Kier molecular flexibility index (Phi) is 7.85. The van der Waals surface area contributed by atoms with E-state index in [9.17, 15) is 9.18 Å². The maximum atomic E-state index is 13.5. The second kappa shape index (κ2) is 11.8. The third kappa shape index (κ3) is 5.95. The first-order chi connectivity index (χ1) is 18.6. The number of ether oxygens (including phenoxy) is 2. The lowest BCUT2D eigenvalue weighted by Crippen LogP contribution is -2.28. The molecule has 1 saturated heterocycles. The molecule has 0 bridgehead atoms. The molecule has 4 aromatic carbocycles. The van der Waals surface area contributed by atoms with Crippen molar-refractivity contribution in [2.45, 2.75) is 13.5 Å². The Labute approximate surface area is 225 Å². The highest BCUT2D eigenvalue weighted by Crippen LogP contribution is 2.38. The zero-order valence-corrected chi connectivity index (χ0v) is 21.5. The number of amidine groups is 1. The van der Waals surface area contributed by atoms with Gasteiger partial charge in [-0.15, -0.1) is 0 Å². The summed E-state index contributed by atoms with van der Waals surface area (Å²) in [4.78, 5) is 20.5. The fourth-order valence-corrected chi connectivity index (χ4v) is 4.86. The molecule has 0 aliphatic carbocycles. The third-order valence-corrected chi connectivity index (χ3v) is 6.64. The fraction of sp³-hybridized carbons (Fsp3) is 0.0968. The van der Waals surface area contributed by atoms with Gasteiger partial charge in [-0.1, -0.05) is 54.6 Å². The minimum atomic E-state index is -0.289. The van der Waals surface area contributed by atoms with Gasteiger partial charge >= 0.3 is 0 Å². The van der Waals surface area contributed by atoms with E-state index in [1.165, 1.54) is 23.9 Å². The molecule has 0 aromatic heterocycles. The van der Waals surface area contributed by atoms with E-state index in [0.29, 0.717) is 28.2 Å². The molecule has 38 heavy (non-hydrogen) atoms. The molecule has 0 atom stereocenters. The molecule has 0 radical (unpaired) electrons. The highest BCUT2D eigenvalue weighted by atomic mass is 32.2. The molecule has 1 aliphatic heterocycles. The number of hydrogen-bond donors (Lipinski definition) is 0. The Hall–Kier alpha value is -4.36. The molecule has 1 fully saturated rings. The largest absolute Gasteiger partial charge is 0.490 e. The summed E-state index contributed by atoms with van der Waals surface area (Å²) in [5.74, 6) is 0.701. The van der Waals surface area contributed by atoms with E-state index in [4.69, 9.17) is 14.5 Å². The minimum absolute atomic E-state index is 0.148. The van der Waals surface area contributed by atoms with Gasteiger partial charge < -0.3 is 9.47 Å². The van der Waals surface area contributed by atoms with Crippen LogP contribution in [-0.4, -0.2) is 17.7 Å². The van der Waals surface area contributed by atoms with Crippen LogP contribution in [0.3, 0.4) is 0 Å². The lowest BCUT2D eigenvalue weighted by molar-refractivity contribution is -0.113. The number of thioether (sulfide) groups is 1. The quantitative estimate of drug-likeness (QED) is 0.223. The maximum absolute atomic E-state index is 13.5. The first kappa shape index (κ1) is 25.3. The number of carbonyl (C=O) groups excluding carboxylic acids is 1. The van der Waals surface area contributed by atoms with Gasteiger partial charge in [0.25, 0.3) is 5.91 Å². The van der Waals surface area contributed by atoms with Crippen LogP contribution in [0.2, 0.25) is 0 Å². The summed E-state index contributed by atoms with van der Waals surface area (Å²) in [6.07, 6.45) is 1.84. The van der Waals surface area contributed by atoms with Gasteiger partial charge in [0.15, 0.2) is 16.7 Å². The smallest absolute Gasteiger partial charge is 0.271 e. The lowest BCUT2D eigenvalue weighted by atomic mass is 10.1. The first-order valence-corrected chi connectivity index (χ1v) is 13.0. The van der Waals surface area contributed by atoms with Crippen molar-refractivity contribution in [1.82, 2.24) is 0 Å². The Balaban J connectivity index is 1.43. The van der Waals surface area contributed by atoms with Gasteiger partial charge in [0, 0.05) is 0 Å². The SMILES string of the molecule is CCOc1cc(/C=C2/SC(=Nc3ccccc3)N(c3ccccc3)C2=O)ccc1OCc1ccc(F)cc1. The van der Waals surface area contributed by atoms with Crippen molar-refractivity contribution in [2.75, 3.05) is 11.5 Å². The first-order valence-electron chi connectivity index (χ1n) is 12.2. The Morgan fingerprint density at radius 1 is 0.868 bits per heavy atom. The molecule has 0 unspecified atom stereocenters. The summed E-state index contributed by atoms with van der Waals surface area (Å²) in [5, 5.41) is 0.586. The summed E-state index contributed by atoms with van der Waals surface area (Å²) in [6.45, 7) is 2.63. The molecular weight excluding hydrogens is 499 g/mol. The van der Waals surface area contributed by atoms with Crippen molar-refractivity contribution in [3.8, 4) is 11.5 Å². The van der Waals surface area contributed by atoms with Crippen molar-refractivity contribution >= 4 is 40.3 Å². The predicted molar refractivity (Wildman–Crippen MR) is 151 cm³/mol. The summed E-state index contributed by atoms with van der Waals surface area (Å²) in [6, 6.07) is 30.8. The van der Waals surface area contributed by atoms with E-state index >= 15 is 0 Å². The summed E-state index contributed by atoms with van der Waals surface area (Å²) < 4.78 is 25.0. The Bertz CT molecular complexity index is 1470. The van der Waals surface area contributed by atoms with E-state index in [-0.39, 0.29) is 18.3 Å². The van der Waals surface area contributed by atoms with E-state index < -0.39 is 0 Å². The molecule has 1 amide bonds. The van der Waals surface area contributed by atoms with Gasteiger partial charge in [-0.25, -0.2) is 9.38 Å². The standard InChI is InChI=1S/C31H25FN2O3S/c1-2-36-28-19-23(15-18-27(28)37-21-22-13-16-24(32)17-14-22)20-29-30(35)34(26-11-7-4-8-12-26)31(38-29)33-25-9-5-3-6-10-25/h3-20H,2,21H2,1H3/b29-20+,33-31?.